The van der Waals surface area contributed by atoms with Gasteiger partial charge in [0.25, 0.3) is 17.7 Å². The van der Waals surface area contributed by atoms with E-state index in [1.807, 2.05) is 31.2 Å². The fourth-order valence-corrected chi connectivity index (χ4v) is 2.67. The lowest BCUT2D eigenvalue weighted by Gasteiger charge is -2.16. The summed E-state index contributed by atoms with van der Waals surface area (Å²) in [6, 6.07) is 14.1. The van der Waals surface area contributed by atoms with Crippen LogP contribution in [0.25, 0.3) is 6.08 Å². The van der Waals surface area contributed by atoms with Crippen molar-refractivity contribution in [3.8, 4) is 5.75 Å². The average molecular weight is 395 g/mol. The zero-order chi connectivity index (χ0) is 20.1. The third-order valence-corrected chi connectivity index (χ3v) is 4.13. The van der Waals surface area contributed by atoms with E-state index in [0.717, 1.165) is 11.3 Å². The molecule has 0 radical (unpaired) electrons. The number of nitrogens with one attached hydrogen (secondary N) is 3. The molecule has 0 unspecified atom stereocenters. The van der Waals surface area contributed by atoms with Crippen molar-refractivity contribution in [1.29, 1.82) is 0 Å². The number of carbonyl (C=O) groups is 3. The molecule has 8 heteroatoms. The van der Waals surface area contributed by atoms with Gasteiger partial charge in [-0.1, -0.05) is 30.3 Å². The summed E-state index contributed by atoms with van der Waals surface area (Å²) in [5, 5.41) is 7.51. The molecule has 1 heterocycles. The van der Waals surface area contributed by atoms with Crippen LogP contribution in [0.5, 0.6) is 5.75 Å². The number of anilines is 1. The molecule has 7 nitrogen and oxygen atoms in total. The van der Waals surface area contributed by atoms with E-state index in [0.29, 0.717) is 11.3 Å². The molecule has 3 N–H and O–H groups in total. The van der Waals surface area contributed by atoms with E-state index in [-0.39, 0.29) is 23.2 Å². The Balaban J connectivity index is 1.59. The summed E-state index contributed by atoms with van der Waals surface area (Å²) >= 11 is 4.75. The molecule has 0 saturated carbocycles. The van der Waals surface area contributed by atoms with Gasteiger partial charge in [0, 0.05) is 5.69 Å². The molecule has 28 heavy (non-hydrogen) atoms. The summed E-state index contributed by atoms with van der Waals surface area (Å²) in [4.78, 5) is 35.7. The van der Waals surface area contributed by atoms with E-state index in [9.17, 15) is 14.4 Å². The van der Waals surface area contributed by atoms with E-state index >= 15 is 0 Å². The first-order valence-electron chi connectivity index (χ1n) is 8.39. The molecule has 0 spiro atoms. The summed E-state index contributed by atoms with van der Waals surface area (Å²) in [6.07, 6.45) is 1.45. The minimum atomic E-state index is -0.554. The molecule has 0 aromatic heterocycles. The number of para-hydroxylation sites is 1. The molecule has 0 bridgehead atoms. The first-order valence-corrected chi connectivity index (χ1v) is 8.80. The van der Waals surface area contributed by atoms with Gasteiger partial charge in [0.1, 0.15) is 11.3 Å². The van der Waals surface area contributed by atoms with Crippen molar-refractivity contribution in [2.45, 2.75) is 6.92 Å². The molecular weight excluding hydrogens is 378 g/mol. The maximum atomic E-state index is 12.0. The molecule has 0 aliphatic carbocycles. The minimum absolute atomic E-state index is 0.0140. The Bertz CT molecular complexity index is 961. The predicted octanol–water partition coefficient (Wildman–Crippen LogP) is 1.93. The number of hydrogen-bond donors (Lipinski definition) is 3. The number of thiocarbonyl (C=S) groups is 1. The number of carbonyl (C=O) groups excluding carboxylic acids is 3. The first-order chi connectivity index (χ1) is 13.4. The molecule has 2 aromatic carbocycles. The predicted molar refractivity (Wildman–Crippen MR) is 109 cm³/mol. The standard InChI is InChI=1S/C20H17N3O4S/c1-12-4-2-3-5-16(12)21-17(24)11-27-14-8-6-13(7-9-14)10-15-18(25)22-20(28)23-19(15)26/h2-10H,11H2,1H3,(H,21,24)(H2,22,23,25,26,28). The number of aryl methyl sites for hydroxylation is 1. The van der Waals surface area contributed by atoms with Gasteiger partial charge < -0.3 is 10.1 Å². The van der Waals surface area contributed by atoms with Crippen LogP contribution in [-0.4, -0.2) is 29.4 Å². The maximum absolute atomic E-state index is 12.0. The lowest BCUT2D eigenvalue weighted by atomic mass is 10.1. The minimum Gasteiger partial charge on any atom is -0.484 e. The van der Waals surface area contributed by atoms with Crippen LogP contribution in [0.1, 0.15) is 11.1 Å². The van der Waals surface area contributed by atoms with E-state index in [4.69, 9.17) is 17.0 Å². The van der Waals surface area contributed by atoms with Gasteiger partial charge in [-0.3, -0.25) is 25.0 Å². The second kappa shape index (κ2) is 8.45. The Morgan fingerprint density at radius 1 is 1.07 bits per heavy atom. The van der Waals surface area contributed by atoms with Gasteiger partial charge in [-0.05, 0) is 54.5 Å². The quantitative estimate of drug-likeness (QED) is 0.408. The van der Waals surface area contributed by atoms with E-state index < -0.39 is 11.8 Å². The third-order valence-electron chi connectivity index (χ3n) is 3.92. The van der Waals surface area contributed by atoms with Gasteiger partial charge >= 0.3 is 0 Å². The van der Waals surface area contributed by atoms with Crippen molar-refractivity contribution in [2.75, 3.05) is 11.9 Å². The van der Waals surface area contributed by atoms with Crippen molar-refractivity contribution < 1.29 is 19.1 Å². The highest BCUT2D eigenvalue weighted by Crippen LogP contribution is 2.16. The lowest BCUT2D eigenvalue weighted by molar-refractivity contribution is -0.123. The Labute approximate surface area is 166 Å². The zero-order valence-electron chi connectivity index (χ0n) is 14.9. The summed E-state index contributed by atoms with van der Waals surface area (Å²) in [7, 11) is 0. The maximum Gasteiger partial charge on any atom is 0.263 e. The van der Waals surface area contributed by atoms with E-state index in [1.165, 1.54) is 6.08 Å². The van der Waals surface area contributed by atoms with Crippen LogP contribution in [0.15, 0.2) is 54.1 Å². The smallest absolute Gasteiger partial charge is 0.263 e. The highest BCUT2D eigenvalue weighted by Gasteiger charge is 2.25. The van der Waals surface area contributed by atoms with Crippen molar-refractivity contribution >= 4 is 46.8 Å². The Kier molecular flexibility index (Phi) is 5.81. The largest absolute Gasteiger partial charge is 0.484 e. The Morgan fingerprint density at radius 3 is 2.36 bits per heavy atom. The normalized spacial score (nSPS) is 13.5. The topological polar surface area (TPSA) is 96.5 Å². The first kappa shape index (κ1) is 19.2. The van der Waals surface area contributed by atoms with Crippen LogP contribution in [0, 0.1) is 6.92 Å². The van der Waals surface area contributed by atoms with Crippen LogP contribution >= 0.6 is 12.2 Å². The fraction of sp³-hybridized carbons (Fsp3) is 0.100. The molecule has 142 valence electrons. The van der Waals surface area contributed by atoms with E-state index in [2.05, 4.69) is 16.0 Å². The molecule has 1 aliphatic rings. The van der Waals surface area contributed by atoms with Crippen molar-refractivity contribution in [2.24, 2.45) is 0 Å². The van der Waals surface area contributed by atoms with Gasteiger partial charge in [-0.2, -0.15) is 0 Å². The van der Waals surface area contributed by atoms with Gasteiger partial charge in [0.05, 0.1) is 0 Å². The van der Waals surface area contributed by atoms with Gasteiger partial charge in [-0.25, -0.2) is 0 Å². The van der Waals surface area contributed by atoms with Crippen LogP contribution < -0.4 is 20.7 Å². The second-order valence-electron chi connectivity index (χ2n) is 6.02. The van der Waals surface area contributed by atoms with Crippen molar-refractivity contribution in [3.05, 3.63) is 65.2 Å². The monoisotopic (exact) mass is 395 g/mol. The van der Waals surface area contributed by atoms with Crippen LogP contribution in [-0.2, 0) is 14.4 Å². The van der Waals surface area contributed by atoms with Gasteiger partial charge in [0.2, 0.25) is 0 Å². The van der Waals surface area contributed by atoms with Crippen LogP contribution in [0.2, 0.25) is 0 Å². The van der Waals surface area contributed by atoms with Crippen molar-refractivity contribution in [3.63, 3.8) is 0 Å². The third kappa shape index (κ3) is 4.80. The Hall–Kier alpha value is -3.52. The van der Waals surface area contributed by atoms with Crippen molar-refractivity contribution in [1.82, 2.24) is 10.6 Å². The molecule has 1 aliphatic heterocycles. The molecule has 2 aromatic rings. The van der Waals surface area contributed by atoms with E-state index in [1.54, 1.807) is 24.3 Å². The number of amides is 3. The average Bonchev–Trinajstić information content (AvgIpc) is 2.66. The zero-order valence-corrected chi connectivity index (χ0v) is 15.8. The summed E-state index contributed by atoms with van der Waals surface area (Å²) < 4.78 is 5.47. The Morgan fingerprint density at radius 2 is 1.71 bits per heavy atom. The highest BCUT2D eigenvalue weighted by molar-refractivity contribution is 7.80. The number of benzene rings is 2. The fourth-order valence-electron chi connectivity index (χ4n) is 2.48. The van der Waals surface area contributed by atoms with Crippen LogP contribution in [0.3, 0.4) is 0 Å². The molecule has 1 saturated heterocycles. The molecule has 0 atom stereocenters. The molecule has 1 fully saturated rings. The van der Waals surface area contributed by atoms with Gasteiger partial charge in [-0.15, -0.1) is 0 Å². The SMILES string of the molecule is Cc1ccccc1NC(=O)COc1ccc(C=C2C(=O)NC(=S)NC2=O)cc1. The number of hydrogen-bond acceptors (Lipinski definition) is 5. The molecule has 3 amide bonds. The number of ether oxygens (including phenoxy) is 1. The van der Waals surface area contributed by atoms with Gasteiger partial charge in [0.15, 0.2) is 11.7 Å². The number of rotatable bonds is 5. The summed E-state index contributed by atoms with van der Waals surface area (Å²) in [6.45, 7) is 1.76. The second-order valence-corrected chi connectivity index (χ2v) is 6.42. The molecule has 3 rings (SSSR count). The highest BCUT2D eigenvalue weighted by atomic mass is 32.1. The lowest BCUT2D eigenvalue weighted by Crippen LogP contribution is -2.51. The summed E-state index contributed by atoms with van der Waals surface area (Å²) in [5.74, 6) is -0.892. The summed E-state index contributed by atoms with van der Waals surface area (Å²) in [5.41, 5.74) is 2.29. The van der Waals surface area contributed by atoms with Crippen LogP contribution in [0.4, 0.5) is 5.69 Å². The molecular formula is C20H17N3O4S.